The summed E-state index contributed by atoms with van der Waals surface area (Å²) < 4.78 is 46.0. The van der Waals surface area contributed by atoms with Crippen LogP contribution in [-0.2, 0) is 0 Å². The summed E-state index contributed by atoms with van der Waals surface area (Å²) in [7, 11) is 0. The first kappa shape index (κ1) is 15.9. The molecule has 1 aromatic rings. The van der Waals surface area contributed by atoms with Crippen LogP contribution in [0.2, 0.25) is 0 Å². The van der Waals surface area contributed by atoms with Crippen molar-refractivity contribution >= 4 is 0 Å². The lowest BCUT2D eigenvalue weighted by atomic mass is 10.1. The number of para-hydroxylation sites is 2. The van der Waals surface area contributed by atoms with Gasteiger partial charge in [-0.1, -0.05) is 12.1 Å². The second kappa shape index (κ2) is 6.11. The molecule has 1 fully saturated rings. The number of rotatable bonds is 7. The Morgan fingerprint density at radius 2 is 1.86 bits per heavy atom. The van der Waals surface area contributed by atoms with Crippen LogP contribution in [0, 0.1) is 0 Å². The zero-order valence-electron chi connectivity index (χ0n) is 11.6. The lowest BCUT2D eigenvalue weighted by Gasteiger charge is -2.24. The average Bonchev–Trinajstić information content (AvgIpc) is 3.18. The van der Waals surface area contributed by atoms with Crippen LogP contribution < -0.4 is 14.8 Å². The topological polar surface area (TPSA) is 50.7 Å². The van der Waals surface area contributed by atoms with E-state index in [1.54, 1.807) is 6.92 Å². The Morgan fingerprint density at radius 1 is 1.24 bits per heavy atom. The van der Waals surface area contributed by atoms with Gasteiger partial charge in [-0.25, -0.2) is 0 Å². The van der Waals surface area contributed by atoms with E-state index in [1.807, 2.05) is 0 Å². The number of alkyl halides is 3. The van der Waals surface area contributed by atoms with E-state index in [9.17, 15) is 18.3 Å². The lowest BCUT2D eigenvalue weighted by Crippen LogP contribution is -2.43. The van der Waals surface area contributed by atoms with E-state index in [0.29, 0.717) is 12.6 Å². The minimum Gasteiger partial charge on any atom is -0.487 e. The molecule has 0 amide bonds. The Balaban J connectivity index is 1.92. The molecule has 2 rings (SSSR count). The van der Waals surface area contributed by atoms with Crippen molar-refractivity contribution in [3.63, 3.8) is 0 Å². The van der Waals surface area contributed by atoms with E-state index in [2.05, 4.69) is 10.1 Å². The van der Waals surface area contributed by atoms with E-state index in [-0.39, 0.29) is 12.4 Å². The van der Waals surface area contributed by atoms with Crippen molar-refractivity contribution < 1.29 is 27.8 Å². The van der Waals surface area contributed by atoms with Gasteiger partial charge in [-0.3, -0.25) is 0 Å². The molecule has 0 saturated heterocycles. The zero-order valence-corrected chi connectivity index (χ0v) is 11.6. The molecular weight excluding hydrogens is 287 g/mol. The summed E-state index contributed by atoms with van der Waals surface area (Å²) >= 11 is 0. The van der Waals surface area contributed by atoms with Gasteiger partial charge in [0.15, 0.2) is 11.5 Å². The van der Waals surface area contributed by atoms with Crippen molar-refractivity contribution in [3.8, 4) is 11.5 Å². The predicted octanol–water partition coefficient (Wildman–Crippen LogP) is 2.47. The molecule has 1 atom stereocenters. The highest BCUT2D eigenvalue weighted by molar-refractivity contribution is 5.39. The Bertz CT molecular complexity index is 473. The fraction of sp³-hybridized carbons (Fsp3) is 0.571. The van der Waals surface area contributed by atoms with E-state index in [1.165, 1.54) is 24.3 Å². The smallest absolute Gasteiger partial charge is 0.487 e. The quantitative estimate of drug-likeness (QED) is 0.812. The summed E-state index contributed by atoms with van der Waals surface area (Å²) in [6.45, 7) is 1.75. The Labute approximate surface area is 120 Å². The van der Waals surface area contributed by atoms with Gasteiger partial charge in [0.05, 0.1) is 0 Å². The molecule has 0 spiro atoms. The number of aliphatic hydroxyl groups is 1. The van der Waals surface area contributed by atoms with E-state index >= 15 is 0 Å². The molecule has 4 nitrogen and oxygen atoms in total. The van der Waals surface area contributed by atoms with Gasteiger partial charge < -0.3 is 19.9 Å². The van der Waals surface area contributed by atoms with Gasteiger partial charge in [0.1, 0.15) is 12.2 Å². The maximum Gasteiger partial charge on any atom is 0.573 e. The monoisotopic (exact) mass is 305 g/mol. The van der Waals surface area contributed by atoms with Gasteiger partial charge in [0.25, 0.3) is 0 Å². The highest BCUT2D eigenvalue weighted by Gasteiger charge is 2.33. The van der Waals surface area contributed by atoms with Gasteiger partial charge in [-0.05, 0) is 31.9 Å². The van der Waals surface area contributed by atoms with Crippen LogP contribution in [0.1, 0.15) is 19.8 Å². The van der Waals surface area contributed by atoms with Crippen LogP contribution in [0.4, 0.5) is 13.2 Å². The number of halogens is 3. The Kier molecular flexibility index (Phi) is 4.63. The third-order valence-electron chi connectivity index (χ3n) is 2.96. The molecule has 1 aliphatic carbocycles. The summed E-state index contributed by atoms with van der Waals surface area (Å²) in [4.78, 5) is 0. The molecule has 2 N–H and O–H groups in total. The number of ether oxygens (including phenoxy) is 2. The predicted molar refractivity (Wildman–Crippen MR) is 70.3 cm³/mol. The SMILES string of the molecule is CC(O)(CNC1CC1)COc1ccccc1OC(F)(F)F. The minimum absolute atomic E-state index is 0.0541. The summed E-state index contributed by atoms with van der Waals surface area (Å²) in [5.41, 5.74) is -1.17. The van der Waals surface area contributed by atoms with E-state index < -0.39 is 17.7 Å². The van der Waals surface area contributed by atoms with Gasteiger partial charge in [0, 0.05) is 12.6 Å². The van der Waals surface area contributed by atoms with Crippen molar-refractivity contribution in [2.75, 3.05) is 13.2 Å². The summed E-state index contributed by atoms with van der Waals surface area (Å²) in [5.74, 6) is -0.475. The van der Waals surface area contributed by atoms with Crippen molar-refractivity contribution in [1.29, 1.82) is 0 Å². The maximum absolute atomic E-state index is 12.3. The third kappa shape index (κ3) is 5.81. The van der Waals surface area contributed by atoms with Gasteiger partial charge >= 0.3 is 6.36 Å². The first-order valence-electron chi connectivity index (χ1n) is 6.68. The number of nitrogens with one attached hydrogen (secondary N) is 1. The van der Waals surface area contributed by atoms with Crippen molar-refractivity contribution in [1.82, 2.24) is 5.32 Å². The molecule has 0 heterocycles. The average molecular weight is 305 g/mol. The summed E-state index contributed by atoms with van der Waals surface area (Å²) in [6, 6.07) is 5.92. The molecule has 118 valence electrons. The van der Waals surface area contributed by atoms with Crippen molar-refractivity contribution in [2.24, 2.45) is 0 Å². The third-order valence-corrected chi connectivity index (χ3v) is 2.96. The van der Waals surface area contributed by atoms with Crippen molar-refractivity contribution in [2.45, 2.75) is 37.8 Å². The summed E-state index contributed by atoms with van der Waals surface area (Å²) in [5, 5.41) is 13.3. The largest absolute Gasteiger partial charge is 0.573 e. The fourth-order valence-corrected chi connectivity index (χ4v) is 1.71. The van der Waals surface area contributed by atoms with Crippen LogP contribution in [0.3, 0.4) is 0 Å². The van der Waals surface area contributed by atoms with Gasteiger partial charge in [-0.15, -0.1) is 13.2 Å². The highest BCUT2D eigenvalue weighted by atomic mass is 19.4. The first-order chi connectivity index (χ1) is 9.75. The number of hydrogen-bond donors (Lipinski definition) is 2. The van der Waals surface area contributed by atoms with E-state index in [4.69, 9.17) is 4.74 Å². The zero-order chi connectivity index (χ0) is 15.5. The molecule has 7 heteroatoms. The van der Waals surface area contributed by atoms with Crippen LogP contribution >= 0.6 is 0 Å². The lowest BCUT2D eigenvalue weighted by molar-refractivity contribution is -0.275. The molecule has 0 aromatic heterocycles. The Hall–Kier alpha value is -1.47. The summed E-state index contributed by atoms with van der Waals surface area (Å²) in [6.07, 6.45) is -2.62. The van der Waals surface area contributed by atoms with Crippen LogP contribution in [0.15, 0.2) is 24.3 Å². The second-order valence-corrected chi connectivity index (χ2v) is 5.44. The van der Waals surface area contributed by atoms with E-state index in [0.717, 1.165) is 12.8 Å². The highest BCUT2D eigenvalue weighted by Crippen LogP contribution is 2.32. The molecule has 0 radical (unpaired) electrons. The molecule has 0 bridgehead atoms. The molecule has 0 aliphatic heterocycles. The van der Waals surface area contributed by atoms with Crippen molar-refractivity contribution in [3.05, 3.63) is 24.3 Å². The molecule has 1 unspecified atom stereocenters. The Morgan fingerprint density at radius 3 is 2.43 bits per heavy atom. The van der Waals surface area contributed by atoms with Crippen LogP contribution in [0.5, 0.6) is 11.5 Å². The normalized spacial score (nSPS) is 18.1. The van der Waals surface area contributed by atoms with Crippen LogP contribution in [0.25, 0.3) is 0 Å². The number of hydrogen-bond acceptors (Lipinski definition) is 4. The van der Waals surface area contributed by atoms with Crippen LogP contribution in [-0.4, -0.2) is 36.3 Å². The fourth-order valence-electron chi connectivity index (χ4n) is 1.71. The van der Waals surface area contributed by atoms with Gasteiger partial charge in [0.2, 0.25) is 0 Å². The van der Waals surface area contributed by atoms with Gasteiger partial charge in [-0.2, -0.15) is 0 Å². The number of benzene rings is 1. The standard InChI is InChI=1S/C14H18F3NO3/c1-13(19,8-18-10-6-7-10)9-20-11-4-2-3-5-12(11)21-14(15,16)17/h2-5,10,18-19H,6-9H2,1H3. The molecule has 1 aliphatic rings. The molecule has 1 aromatic carbocycles. The first-order valence-corrected chi connectivity index (χ1v) is 6.68. The molecule has 21 heavy (non-hydrogen) atoms. The molecule has 1 saturated carbocycles. The second-order valence-electron chi connectivity index (χ2n) is 5.44. The maximum atomic E-state index is 12.3. The minimum atomic E-state index is -4.78. The molecular formula is C14H18F3NO3.